The number of halogens is 1. The second kappa shape index (κ2) is 11.1. The van der Waals surface area contributed by atoms with Gasteiger partial charge in [0.1, 0.15) is 0 Å². The van der Waals surface area contributed by atoms with E-state index in [2.05, 4.69) is 33.9 Å². The Hall–Kier alpha value is -2.84. The van der Waals surface area contributed by atoms with E-state index < -0.39 is 0 Å². The van der Waals surface area contributed by atoms with E-state index in [1.54, 1.807) is 28.8 Å². The largest absolute Gasteiger partial charge is 0.345 e. The summed E-state index contributed by atoms with van der Waals surface area (Å²) in [5.41, 5.74) is 2.41. The maximum Gasteiger partial charge on any atom is 0.251 e. The lowest BCUT2D eigenvalue weighted by Gasteiger charge is -2.16. The molecule has 0 spiro atoms. The third kappa shape index (κ3) is 5.80. The normalized spacial score (nSPS) is 13.6. The van der Waals surface area contributed by atoms with Crippen LogP contribution in [0.4, 0.5) is 5.69 Å². The number of hydrogen-bond acceptors (Lipinski definition) is 5. The fourth-order valence-electron chi connectivity index (χ4n) is 3.84. The first kappa shape index (κ1) is 24.3. The lowest BCUT2D eigenvalue weighted by atomic mass is 10.2. The van der Waals surface area contributed by atoms with Crippen LogP contribution in [0.1, 0.15) is 48.4 Å². The Labute approximate surface area is 208 Å². The van der Waals surface area contributed by atoms with Gasteiger partial charge in [-0.15, -0.1) is 10.2 Å². The monoisotopic (exact) mass is 497 g/mol. The van der Waals surface area contributed by atoms with Gasteiger partial charge in [0.25, 0.3) is 5.91 Å². The molecule has 34 heavy (non-hydrogen) atoms. The zero-order chi connectivity index (χ0) is 24.1. The van der Waals surface area contributed by atoms with Gasteiger partial charge in [-0.3, -0.25) is 9.59 Å². The first-order valence-electron chi connectivity index (χ1n) is 11.4. The lowest BCUT2D eigenvalue weighted by Crippen LogP contribution is -2.26. The van der Waals surface area contributed by atoms with Crippen molar-refractivity contribution in [3.05, 3.63) is 70.5 Å². The molecule has 0 atom stereocenters. The standard InChI is InChI=1S/C25H28ClN5O2S/c1-17(2)15-31-22(28-29-25(31)34-16-19-6-3-4-7-21(19)26)14-27-24(33)18-9-11-20(12-10-18)30-13-5-8-23(30)32/h3-4,6-7,9-12,17H,5,8,13-16H2,1-2H3,(H,27,33). The quantitative estimate of drug-likeness (QED) is 0.424. The van der Waals surface area contributed by atoms with E-state index >= 15 is 0 Å². The molecule has 1 aliphatic rings. The molecule has 2 aromatic carbocycles. The van der Waals surface area contributed by atoms with Crippen molar-refractivity contribution in [1.29, 1.82) is 0 Å². The summed E-state index contributed by atoms with van der Waals surface area (Å²) in [6, 6.07) is 14.9. The molecule has 1 aliphatic heterocycles. The predicted octanol–water partition coefficient (Wildman–Crippen LogP) is 4.94. The molecule has 1 fully saturated rings. The van der Waals surface area contributed by atoms with Crippen molar-refractivity contribution >= 4 is 40.9 Å². The van der Waals surface area contributed by atoms with Crippen LogP contribution in [0, 0.1) is 5.92 Å². The number of thioether (sulfide) groups is 1. The highest BCUT2D eigenvalue weighted by atomic mass is 35.5. The van der Waals surface area contributed by atoms with E-state index in [9.17, 15) is 9.59 Å². The first-order valence-corrected chi connectivity index (χ1v) is 12.8. The van der Waals surface area contributed by atoms with E-state index in [0.717, 1.165) is 40.9 Å². The summed E-state index contributed by atoms with van der Waals surface area (Å²) in [5.74, 6) is 1.73. The maximum atomic E-state index is 12.7. The van der Waals surface area contributed by atoms with Gasteiger partial charge in [-0.1, -0.05) is 55.4 Å². The molecule has 3 aromatic rings. The van der Waals surface area contributed by atoms with Crippen LogP contribution in [0.5, 0.6) is 0 Å². The van der Waals surface area contributed by atoms with Crippen LogP contribution >= 0.6 is 23.4 Å². The summed E-state index contributed by atoms with van der Waals surface area (Å²) in [6.07, 6.45) is 1.45. The maximum absolute atomic E-state index is 12.7. The average Bonchev–Trinajstić information content (AvgIpc) is 3.42. The van der Waals surface area contributed by atoms with Gasteiger partial charge in [0.05, 0.1) is 6.54 Å². The lowest BCUT2D eigenvalue weighted by molar-refractivity contribution is -0.117. The molecule has 7 nitrogen and oxygen atoms in total. The zero-order valence-electron chi connectivity index (χ0n) is 19.3. The van der Waals surface area contributed by atoms with Crippen LogP contribution in [0.25, 0.3) is 0 Å². The summed E-state index contributed by atoms with van der Waals surface area (Å²) < 4.78 is 2.06. The SMILES string of the molecule is CC(C)Cn1c(CNC(=O)c2ccc(N3CCCC3=O)cc2)nnc1SCc1ccccc1Cl. The molecular formula is C25H28ClN5O2S. The fraction of sp³-hybridized carbons (Fsp3) is 0.360. The fourth-order valence-corrected chi connectivity index (χ4v) is 5.09. The molecule has 178 valence electrons. The highest BCUT2D eigenvalue weighted by Crippen LogP contribution is 2.27. The Bertz CT molecular complexity index is 1160. The van der Waals surface area contributed by atoms with Crippen LogP contribution in [-0.2, 0) is 23.6 Å². The molecule has 2 heterocycles. The van der Waals surface area contributed by atoms with Gasteiger partial charge in [-0.05, 0) is 48.2 Å². The topological polar surface area (TPSA) is 80.1 Å². The zero-order valence-corrected chi connectivity index (χ0v) is 20.9. The van der Waals surface area contributed by atoms with E-state index in [0.29, 0.717) is 29.5 Å². The van der Waals surface area contributed by atoms with Crippen LogP contribution in [0.3, 0.4) is 0 Å². The summed E-state index contributed by atoms with van der Waals surface area (Å²) in [5, 5.41) is 13.2. The molecule has 0 aliphatic carbocycles. The molecule has 0 saturated carbocycles. The molecule has 0 bridgehead atoms. The number of anilines is 1. The number of nitrogens with zero attached hydrogens (tertiary/aromatic N) is 4. The van der Waals surface area contributed by atoms with E-state index in [-0.39, 0.29) is 18.4 Å². The molecule has 0 unspecified atom stereocenters. The summed E-state index contributed by atoms with van der Waals surface area (Å²) in [7, 11) is 0. The third-order valence-corrected chi connectivity index (χ3v) is 6.96. The van der Waals surface area contributed by atoms with Crippen LogP contribution in [-0.4, -0.2) is 33.1 Å². The number of carbonyl (C=O) groups is 2. The summed E-state index contributed by atoms with van der Waals surface area (Å²) in [4.78, 5) is 26.4. The number of carbonyl (C=O) groups excluding carboxylic acids is 2. The number of rotatable bonds is 9. The summed E-state index contributed by atoms with van der Waals surface area (Å²) >= 11 is 7.87. The second-order valence-electron chi connectivity index (χ2n) is 8.66. The van der Waals surface area contributed by atoms with Crippen LogP contribution in [0.2, 0.25) is 5.02 Å². The highest BCUT2D eigenvalue weighted by Gasteiger charge is 2.22. The van der Waals surface area contributed by atoms with Crippen molar-refractivity contribution in [2.24, 2.45) is 5.92 Å². The second-order valence-corrected chi connectivity index (χ2v) is 10.0. The number of hydrogen-bond donors (Lipinski definition) is 1. The molecule has 1 saturated heterocycles. The van der Waals surface area contributed by atoms with Gasteiger partial charge < -0.3 is 14.8 Å². The van der Waals surface area contributed by atoms with Crippen LogP contribution < -0.4 is 10.2 Å². The first-order chi connectivity index (χ1) is 16.4. The minimum atomic E-state index is -0.191. The Kier molecular flexibility index (Phi) is 7.90. The Morgan fingerprint density at radius 2 is 1.91 bits per heavy atom. The molecule has 2 amide bonds. The van der Waals surface area contributed by atoms with Crippen LogP contribution in [0.15, 0.2) is 53.7 Å². The third-order valence-electron chi connectivity index (χ3n) is 5.58. The smallest absolute Gasteiger partial charge is 0.251 e. The molecule has 1 N–H and O–H groups in total. The number of nitrogens with one attached hydrogen (secondary N) is 1. The Morgan fingerprint density at radius 1 is 1.15 bits per heavy atom. The van der Waals surface area contributed by atoms with Crippen molar-refractivity contribution in [1.82, 2.24) is 20.1 Å². The molecule has 1 aromatic heterocycles. The summed E-state index contributed by atoms with van der Waals surface area (Å²) in [6.45, 7) is 6.03. The van der Waals surface area contributed by atoms with Gasteiger partial charge >= 0.3 is 0 Å². The number of amides is 2. The van der Waals surface area contributed by atoms with E-state index in [1.807, 2.05) is 36.4 Å². The number of aromatic nitrogens is 3. The van der Waals surface area contributed by atoms with Crippen molar-refractivity contribution in [3.8, 4) is 0 Å². The Balaban J connectivity index is 1.41. The molecule has 0 radical (unpaired) electrons. The van der Waals surface area contributed by atoms with Crippen molar-refractivity contribution < 1.29 is 9.59 Å². The van der Waals surface area contributed by atoms with Gasteiger partial charge in [-0.25, -0.2) is 0 Å². The van der Waals surface area contributed by atoms with Gasteiger partial charge in [0.2, 0.25) is 5.91 Å². The molecular weight excluding hydrogens is 470 g/mol. The molecule has 4 rings (SSSR count). The minimum Gasteiger partial charge on any atom is -0.345 e. The van der Waals surface area contributed by atoms with E-state index in [4.69, 9.17) is 11.6 Å². The molecule has 9 heteroatoms. The van der Waals surface area contributed by atoms with Gasteiger partial charge in [0.15, 0.2) is 11.0 Å². The van der Waals surface area contributed by atoms with Crippen molar-refractivity contribution in [2.75, 3.05) is 11.4 Å². The van der Waals surface area contributed by atoms with Gasteiger partial charge in [0, 0.05) is 41.5 Å². The van der Waals surface area contributed by atoms with Gasteiger partial charge in [-0.2, -0.15) is 0 Å². The number of benzene rings is 2. The van der Waals surface area contributed by atoms with E-state index in [1.165, 1.54) is 0 Å². The average molecular weight is 498 g/mol. The van der Waals surface area contributed by atoms with Crippen molar-refractivity contribution in [2.45, 2.75) is 50.7 Å². The highest BCUT2D eigenvalue weighted by molar-refractivity contribution is 7.98. The Morgan fingerprint density at radius 3 is 2.59 bits per heavy atom. The predicted molar refractivity (Wildman–Crippen MR) is 135 cm³/mol. The minimum absolute atomic E-state index is 0.130. The van der Waals surface area contributed by atoms with Crippen molar-refractivity contribution in [3.63, 3.8) is 0 Å².